The van der Waals surface area contributed by atoms with E-state index in [4.69, 9.17) is 4.74 Å². The second-order valence-corrected chi connectivity index (χ2v) is 7.65. The number of hydrogen-bond donors (Lipinski definition) is 2. The zero-order valence-corrected chi connectivity index (χ0v) is 15.6. The Morgan fingerprint density at radius 3 is 2.80 bits per heavy atom. The van der Waals surface area contributed by atoms with Crippen LogP contribution in [0.3, 0.4) is 0 Å². The number of carbonyl (C=O) groups excluding carboxylic acids is 1. The molecule has 134 valence electrons. The van der Waals surface area contributed by atoms with Gasteiger partial charge in [-0.15, -0.1) is 11.3 Å². The molecule has 4 nitrogen and oxygen atoms in total. The first-order valence-electron chi connectivity index (χ1n) is 9.09. The Morgan fingerprint density at radius 2 is 2.16 bits per heavy atom. The molecule has 25 heavy (non-hydrogen) atoms. The molecule has 2 aromatic rings. The number of carbonyl (C=O) groups is 1. The number of hydrogen-bond acceptors (Lipinski definition) is 3. The van der Waals surface area contributed by atoms with Crippen molar-refractivity contribution >= 4 is 22.9 Å². The average Bonchev–Trinajstić information content (AvgIpc) is 3.29. The molecule has 1 aromatic carbocycles. The van der Waals surface area contributed by atoms with E-state index in [9.17, 15) is 4.79 Å². The minimum absolute atomic E-state index is 0.0637. The van der Waals surface area contributed by atoms with Crippen molar-refractivity contribution < 1.29 is 14.4 Å². The Balaban J connectivity index is 1.57. The van der Waals surface area contributed by atoms with E-state index in [2.05, 4.69) is 41.9 Å². The number of amides is 1. The van der Waals surface area contributed by atoms with E-state index < -0.39 is 0 Å². The van der Waals surface area contributed by atoms with Crippen LogP contribution >= 0.6 is 11.3 Å². The van der Waals surface area contributed by atoms with E-state index in [0.29, 0.717) is 6.54 Å². The van der Waals surface area contributed by atoms with Gasteiger partial charge >= 0.3 is 0 Å². The summed E-state index contributed by atoms with van der Waals surface area (Å²) in [7, 11) is 0. The van der Waals surface area contributed by atoms with Crippen LogP contribution in [0, 0.1) is 0 Å². The van der Waals surface area contributed by atoms with Gasteiger partial charge < -0.3 is 15.0 Å². The monoisotopic (exact) mass is 359 g/mol. The molecular formula is C20H27N2O2S+. The first-order chi connectivity index (χ1) is 12.2. The van der Waals surface area contributed by atoms with Crippen LogP contribution in [0.25, 0.3) is 0 Å². The molecular weight excluding hydrogens is 332 g/mol. The van der Waals surface area contributed by atoms with Gasteiger partial charge in [0.1, 0.15) is 19.2 Å². The van der Waals surface area contributed by atoms with Gasteiger partial charge in [-0.3, -0.25) is 4.79 Å². The Bertz CT molecular complexity index is 649. The van der Waals surface area contributed by atoms with Gasteiger partial charge in [0.25, 0.3) is 5.91 Å². The molecule has 0 bridgehead atoms. The Kier molecular flexibility index (Phi) is 6.62. The maximum atomic E-state index is 12.5. The third-order valence-electron chi connectivity index (χ3n) is 4.60. The molecule has 1 unspecified atom stereocenters. The molecule has 1 aliphatic heterocycles. The largest absolute Gasteiger partial charge is 0.372 e. The topological polar surface area (TPSA) is 42.8 Å². The first kappa shape index (κ1) is 18.1. The lowest BCUT2D eigenvalue weighted by atomic mass is 10.1. The van der Waals surface area contributed by atoms with Gasteiger partial charge in [0, 0.05) is 12.3 Å². The summed E-state index contributed by atoms with van der Waals surface area (Å²) in [6.45, 7) is 5.21. The van der Waals surface area contributed by atoms with E-state index in [-0.39, 0.29) is 12.0 Å². The van der Waals surface area contributed by atoms with E-state index in [1.807, 2.05) is 12.1 Å². The van der Waals surface area contributed by atoms with E-state index in [1.165, 1.54) is 15.3 Å². The van der Waals surface area contributed by atoms with Crippen molar-refractivity contribution in [3.8, 4) is 0 Å². The van der Waals surface area contributed by atoms with Crippen LogP contribution in [0.2, 0.25) is 0 Å². The third kappa shape index (κ3) is 5.66. The van der Waals surface area contributed by atoms with Gasteiger partial charge in [-0.2, -0.15) is 0 Å². The van der Waals surface area contributed by atoms with Crippen LogP contribution in [0.15, 0.2) is 41.8 Å². The molecule has 1 saturated heterocycles. The maximum absolute atomic E-state index is 12.5. The van der Waals surface area contributed by atoms with Crippen molar-refractivity contribution in [1.82, 2.24) is 0 Å². The minimum atomic E-state index is 0.0637. The molecule has 1 fully saturated rings. The van der Waals surface area contributed by atoms with Crippen LogP contribution in [-0.2, 0) is 22.5 Å². The molecule has 1 amide bonds. The molecule has 1 aliphatic rings. The highest BCUT2D eigenvalue weighted by Crippen LogP contribution is 2.11. The van der Waals surface area contributed by atoms with Gasteiger partial charge in [0.2, 0.25) is 0 Å². The molecule has 0 aliphatic carbocycles. The SMILES string of the molecule is CCc1ccc(NC(=O)C[NH+](Cc2cccs2)C[C@@H]2CCCO2)cc1. The zero-order chi connectivity index (χ0) is 17.5. The van der Waals surface area contributed by atoms with Crippen molar-refractivity contribution in [2.45, 2.75) is 38.8 Å². The van der Waals surface area contributed by atoms with Gasteiger partial charge in [-0.05, 0) is 48.4 Å². The normalized spacial score (nSPS) is 18.2. The summed E-state index contributed by atoms with van der Waals surface area (Å²) in [5.74, 6) is 0.0637. The highest BCUT2D eigenvalue weighted by Gasteiger charge is 2.24. The van der Waals surface area contributed by atoms with Crippen LogP contribution in [0.4, 0.5) is 5.69 Å². The van der Waals surface area contributed by atoms with E-state index in [1.54, 1.807) is 11.3 Å². The van der Waals surface area contributed by atoms with Crippen molar-refractivity contribution in [1.29, 1.82) is 0 Å². The van der Waals surface area contributed by atoms with Gasteiger partial charge in [-0.1, -0.05) is 25.1 Å². The second kappa shape index (κ2) is 9.13. The van der Waals surface area contributed by atoms with Crippen LogP contribution < -0.4 is 10.2 Å². The van der Waals surface area contributed by atoms with Crippen molar-refractivity contribution in [3.05, 3.63) is 52.2 Å². The molecule has 0 spiro atoms. The summed E-state index contributed by atoms with van der Waals surface area (Å²) in [6, 6.07) is 12.3. The molecule has 1 aromatic heterocycles. The van der Waals surface area contributed by atoms with Gasteiger partial charge in [0.15, 0.2) is 6.54 Å². The number of benzene rings is 1. The molecule has 5 heteroatoms. The number of anilines is 1. The number of aryl methyl sites for hydroxylation is 1. The first-order valence-corrected chi connectivity index (χ1v) is 9.97. The summed E-state index contributed by atoms with van der Waals surface area (Å²) < 4.78 is 5.78. The fourth-order valence-corrected chi connectivity index (χ4v) is 4.03. The third-order valence-corrected chi connectivity index (χ3v) is 5.48. The fourth-order valence-electron chi connectivity index (χ4n) is 3.25. The molecule has 3 rings (SSSR count). The quantitative estimate of drug-likeness (QED) is 0.761. The smallest absolute Gasteiger partial charge is 0.279 e. The van der Waals surface area contributed by atoms with Crippen molar-refractivity contribution in [2.24, 2.45) is 0 Å². The number of ether oxygens (including phenoxy) is 1. The standard InChI is InChI=1S/C20H26N2O2S/c1-2-16-7-9-17(10-8-16)21-20(23)15-22(13-18-5-3-11-24-18)14-19-6-4-12-25-19/h4,6-10,12,18H,2-3,5,11,13-15H2,1H3,(H,21,23)/p+1/t18-/m0/s1. The Hall–Kier alpha value is -1.69. The second-order valence-electron chi connectivity index (χ2n) is 6.62. The van der Waals surface area contributed by atoms with Crippen LogP contribution in [0.1, 0.15) is 30.2 Å². The summed E-state index contributed by atoms with van der Waals surface area (Å²) in [4.78, 5) is 15.1. The summed E-state index contributed by atoms with van der Waals surface area (Å²) in [5.41, 5.74) is 2.15. The molecule has 0 saturated carbocycles. The van der Waals surface area contributed by atoms with E-state index in [0.717, 1.165) is 44.6 Å². The van der Waals surface area contributed by atoms with E-state index >= 15 is 0 Å². The Labute approximate surface area is 153 Å². The predicted molar refractivity (Wildman–Crippen MR) is 102 cm³/mol. The van der Waals surface area contributed by atoms with Gasteiger partial charge in [0.05, 0.1) is 4.88 Å². The number of quaternary nitrogens is 1. The predicted octanol–water partition coefficient (Wildman–Crippen LogP) is 2.51. The number of nitrogens with one attached hydrogen (secondary N) is 2. The van der Waals surface area contributed by atoms with Crippen molar-refractivity contribution in [3.63, 3.8) is 0 Å². The molecule has 2 atom stereocenters. The fraction of sp³-hybridized carbons (Fsp3) is 0.450. The maximum Gasteiger partial charge on any atom is 0.279 e. The average molecular weight is 360 g/mol. The number of rotatable bonds is 8. The minimum Gasteiger partial charge on any atom is -0.372 e. The van der Waals surface area contributed by atoms with Gasteiger partial charge in [-0.25, -0.2) is 0 Å². The lowest BCUT2D eigenvalue weighted by molar-refractivity contribution is -0.908. The van der Waals surface area contributed by atoms with Crippen LogP contribution in [0.5, 0.6) is 0 Å². The summed E-state index contributed by atoms with van der Waals surface area (Å²) in [6.07, 6.45) is 3.53. The molecule has 2 N–H and O–H groups in total. The lowest BCUT2D eigenvalue weighted by Gasteiger charge is -2.21. The Morgan fingerprint density at radius 1 is 1.32 bits per heavy atom. The summed E-state index contributed by atoms with van der Waals surface area (Å²) >= 11 is 1.75. The zero-order valence-electron chi connectivity index (χ0n) is 14.8. The lowest BCUT2D eigenvalue weighted by Crippen LogP contribution is -3.12. The number of thiophene rings is 1. The molecule has 0 radical (unpaired) electrons. The molecule has 2 heterocycles. The van der Waals surface area contributed by atoms with Crippen LogP contribution in [-0.4, -0.2) is 31.7 Å². The van der Waals surface area contributed by atoms with Crippen molar-refractivity contribution in [2.75, 3.05) is 25.0 Å². The summed E-state index contributed by atoms with van der Waals surface area (Å²) in [5, 5.41) is 5.12. The highest BCUT2D eigenvalue weighted by atomic mass is 32.1. The highest BCUT2D eigenvalue weighted by molar-refractivity contribution is 7.09.